The maximum atomic E-state index is 10.9. The number of ether oxygens (including phenoxy) is 1. The van der Waals surface area contributed by atoms with E-state index in [4.69, 9.17) is 0 Å². The van der Waals surface area contributed by atoms with Crippen LogP contribution in [0.4, 0.5) is 0 Å². The monoisotopic (exact) mass is 140 g/mol. The van der Waals surface area contributed by atoms with E-state index in [1.54, 1.807) is 0 Å². The second kappa shape index (κ2) is 3.40. The summed E-state index contributed by atoms with van der Waals surface area (Å²) in [5.74, 6) is -0.0744. The molecular weight excluding hydrogens is 128 g/mol. The van der Waals surface area contributed by atoms with Crippen LogP contribution in [-0.4, -0.2) is 13.1 Å². The van der Waals surface area contributed by atoms with Crippen LogP contribution in [-0.2, 0) is 9.53 Å². The standard InChI is InChI=1S/C8H12O2/c1-10-8(9)7-5-3-2-4-6-7/h3,5,7H,2,4,6H2,1H3. The average Bonchev–Trinajstić information content (AvgIpc) is 2.05. The molecule has 0 aliphatic heterocycles. The molecule has 0 bridgehead atoms. The number of carbonyl (C=O) groups excluding carboxylic acids is 1. The number of hydrogen-bond acceptors (Lipinski definition) is 2. The summed E-state index contributed by atoms with van der Waals surface area (Å²) in [7, 11) is 1.44. The molecule has 1 aliphatic rings. The molecule has 0 saturated carbocycles. The van der Waals surface area contributed by atoms with Gasteiger partial charge in [-0.25, -0.2) is 0 Å². The highest BCUT2D eigenvalue weighted by atomic mass is 16.5. The molecular formula is C8H12O2. The third-order valence-electron chi connectivity index (χ3n) is 1.76. The molecule has 1 rings (SSSR count). The summed E-state index contributed by atoms with van der Waals surface area (Å²) >= 11 is 0. The smallest absolute Gasteiger partial charge is 0.312 e. The minimum atomic E-state index is -0.101. The molecule has 10 heavy (non-hydrogen) atoms. The van der Waals surface area contributed by atoms with Crippen molar-refractivity contribution in [1.82, 2.24) is 0 Å². The van der Waals surface area contributed by atoms with E-state index in [2.05, 4.69) is 4.74 Å². The van der Waals surface area contributed by atoms with Crippen LogP contribution >= 0.6 is 0 Å². The summed E-state index contributed by atoms with van der Waals surface area (Å²) < 4.78 is 4.60. The topological polar surface area (TPSA) is 26.3 Å². The van der Waals surface area contributed by atoms with Gasteiger partial charge in [-0.2, -0.15) is 0 Å². The zero-order valence-electron chi connectivity index (χ0n) is 6.17. The predicted molar refractivity (Wildman–Crippen MR) is 38.5 cm³/mol. The summed E-state index contributed by atoms with van der Waals surface area (Å²) in [6, 6.07) is 0. The molecule has 1 aliphatic carbocycles. The van der Waals surface area contributed by atoms with E-state index in [0.717, 1.165) is 19.3 Å². The lowest BCUT2D eigenvalue weighted by atomic mass is 9.96. The van der Waals surface area contributed by atoms with Crippen molar-refractivity contribution in [2.75, 3.05) is 7.11 Å². The highest BCUT2D eigenvalue weighted by molar-refractivity contribution is 5.74. The SMILES string of the molecule is COC(=O)C1C=CCCC1. The van der Waals surface area contributed by atoms with Gasteiger partial charge in [-0.05, 0) is 19.3 Å². The van der Waals surface area contributed by atoms with Crippen LogP contribution in [0, 0.1) is 5.92 Å². The summed E-state index contributed by atoms with van der Waals surface area (Å²) in [6.07, 6.45) is 7.15. The highest BCUT2D eigenvalue weighted by Gasteiger charge is 2.16. The van der Waals surface area contributed by atoms with Gasteiger partial charge in [-0.1, -0.05) is 12.2 Å². The maximum Gasteiger partial charge on any atom is 0.312 e. The van der Waals surface area contributed by atoms with Gasteiger partial charge in [0.05, 0.1) is 13.0 Å². The first-order chi connectivity index (χ1) is 4.84. The summed E-state index contributed by atoms with van der Waals surface area (Å²) in [5, 5.41) is 0. The molecule has 0 fully saturated rings. The van der Waals surface area contributed by atoms with Crippen molar-refractivity contribution < 1.29 is 9.53 Å². The Balaban J connectivity index is 2.46. The Morgan fingerprint density at radius 2 is 2.50 bits per heavy atom. The van der Waals surface area contributed by atoms with E-state index in [1.807, 2.05) is 12.2 Å². The highest BCUT2D eigenvalue weighted by Crippen LogP contribution is 2.17. The number of esters is 1. The van der Waals surface area contributed by atoms with Gasteiger partial charge in [-0.15, -0.1) is 0 Å². The Kier molecular flexibility index (Phi) is 2.49. The summed E-state index contributed by atoms with van der Waals surface area (Å²) in [5.41, 5.74) is 0. The van der Waals surface area contributed by atoms with E-state index in [9.17, 15) is 4.79 Å². The Morgan fingerprint density at radius 1 is 1.70 bits per heavy atom. The van der Waals surface area contributed by atoms with Crippen LogP contribution in [0.2, 0.25) is 0 Å². The number of carbonyl (C=O) groups is 1. The summed E-state index contributed by atoms with van der Waals surface area (Å²) in [6.45, 7) is 0. The van der Waals surface area contributed by atoms with Crippen molar-refractivity contribution in [3.8, 4) is 0 Å². The largest absolute Gasteiger partial charge is 0.469 e. The van der Waals surface area contributed by atoms with Crippen LogP contribution in [0.1, 0.15) is 19.3 Å². The fourth-order valence-corrected chi connectivity index (χ4v) is 1.16. The van der Waals surface area contributed by atoms with Gasteiger partial charge in [0.25, 0.3) is 0 Å². The fourth-order valence-electron chi connectivity index (χ4n) is 1.16. The molecule has 56 valence electrons. The van der Waals surface area contributed by atoms with Crippen molar-refractivity contribution in [2.45, 2.75) is 19.3 Å². The Morgan fingerprint density at radius 3 is 3.00 bits per heavy atom. The van der Waals surface area contributed by atoms with Crippen LogP contribution in [0.25, 0.3) is 0 Å². The normalized spacial score (nSPS) is 24.3. The molecule has 0 radical (unpaired) electrons. The molecule has 0 spiro atoms. The number of allylic oxidation sites excluding steroid dienone is 1. The number of methoxy groups -OCH3 is 1. The molecule has 0 amide bonds. The third-order valence-corrected chi connectivity index (χ3v) is 1.76. The number of hydrogen-bond donors (Lipinski definition) is 0. The molecule has 0 saturated heterocycles. The van der Waals surface area contributed by atoms with E-state index < -0.39 is 0 Å². The Labute approximate surface area is 60.9 Å². The lowest BCUT2D eigenvalue weighted by molar-refractivity contribution is -0.144. The van der Waals surface area contributed by atoms with Crippen LogP contribution < -0.4 is 0 Å². The molecule has 0 N–H and O–H groups in total. The van der Waals surface area contributed by atoms with E-state index in [0.29, 0.717) is 0 Å². The van der Waals surface area contributed by atoms with Crippen LogP contribution in [0.15, 0.2) is 12.2 Å². The van der Waals surface area contributed by atoms with Gasteiger partial charge in [0.15, 0.2) is 0 Å². The predicted octanol–water partition coefficient (Wildman–Crippen LogP) is 1.52. The molecule has 0 aromatic rings. The van der Waals surface area contributed by atoms with E-state index in [-0.39, 0.29) is 11.9 Å². The molecule has 2 nitrogen and oxygen atoms in total. The molecule has 1 unspecified atom stereocenters. The lowest BCUT2D eigenvalue weighted by Crippen LogP contribution is -2.15. The van der Waals surface area contributed by atoms with Crippen molar-refractivity contribution >= 4 is 5.97 Å². The van der Waals surface area contributed by atoms with Gasteiger partial charge >= 0.3 is 5.97 Å². The third kappa shape index (κ3) is 1.59. The number of rotatable bonds is 1. The zero-order valence-corrected chi connectivity index (χ0v) is 6.17. The van der Waals surface area contributed by atoms with Crippen molar-refractivity contribution in [2.24, 2.45) is 5.92 Å². The fraction of sp³-hybridized carbons (Fsp3) is 0.625. The first kappa shape index (κ1) is 7.32. The van der Waals surface area contributed by atoms with Gasteiger partial charge in [-0.3, -0.25) is 4.79 Å². The maximum absolute atomic E-state index is 10.9. The van der Waals surface area contributed by atoms with Gasteiger partial charge < -0.3 is 4.74 Å². The molecule has 2 heteroatoms. The Hall–Kier alpha value is -0.790. The van der Waals surface area contributed by atoms with Gasteiger partial charge in [0.2, 0.25) is 0 Å². The zero-order chi connectivity index (χ0) is 7.40. The van der Waals surface area contributed by atoms with Crippen molar-refractivity contribution in [3.05, 3.63) is 12.2 Å². The van der Waals surface area contributed by atoms with E-state index in [1.165, 1.54) is 7.11 Å². The first-order valence-electron chi connectivity index (χ1n) is 3.59. The second-order valence-corrected chi connectivity index (χ2v) is 2.49. The minimum absolute atomic E-state index is 0.0266. The molecule has 1 atom stereocenters. The average molecular weight is 140 g/mol. The molecule has 0 aromatic carbocycles. The van der Waals surface area contributed by atoms with Gasteiger partial charge in [0.1, 0.15) is 0 Å². The van der Waals surface area contributed by atoms with Crippen molar-refractivity contribution in [3.63, 3.8) is 0 Å². The quantitative estimate of drug-likeness (QED) is 0.407. The first-order valence-corrected chi connectivity index (χ1v) is 3.59. The second-order valence-electron chi connectivity index (χ2n) is 2.49. The minimum Gasteiger partial charge on any atom is -0.469 e. The molecule has 0 aromatic heterocycles. The van der Waals surface area contributed by atoms with Gasteiger partial charge in [0, 0.05) is 0 Å². The van der Waals surface area contributed by atoms with E-state index >= 15 is 0 Å². The summed E-state index contributed by atoms with van der Waals surface area (Å²) in [4.78, 5) is 10.9. The lowest BCUT2D eigenvalue weighted by Gasteiger charge is -2.12. The molecule has 0 heterocycles. The van der Waals surface area contributed by atoms with Crippen molar-refractivity contribution in [1.29, 1.82) is 0 Å². The Bertz CT molecular complexity index is 149. The van der Waals surface area contributed by atoms with Crippen LogP contribution in [0.3, 0.4) is 0 Å². The van der Waals surface area contributed by atoms with Crippen LogP contribution in [0.5, 0.6) is 0 Å².